The average Bonchev–Trinajstić information content (AvgIpc) is 3.75. The van der Waals surface area contributed by atoms with Gasteiger partial charge < -0.3 is 63.4 Å². The number of primary amides is 1. The normalized spacial score (nSPS) is 17.9. The van der Waals surface area contributed by atoms with E-state index in [0.717, 1.165) is 6.42 Å². The van der Waals surface area contributed by atoms with Crippen LogP contribution in [0.25, 0.3) is 0 Å². The number of allylic oxidation sites excluding steroid dienone is 1. The van der Waals surface area contributed by atoms with Crippen LogP contribution in [0.2, 0.25) is 0 Å². The van der Waals surface area contributed by atoms with Crippen LogP contribution in [0.5, 0.6) is 0 Å². The fourth-order valence-electron chi connectivity index (χ4n) is 9.01. The van der Waals surface area contributed by atoms with E-state index < -0.39 is 124 Å². The van der Waals surface area contributed by atoms with Crippen molar-refractivity contribution in [1.29, 1.82) is 0 Å². The van der Waals surface area contributed by atoms with Crippen LogP contribution in [0, 0.1) is 35.5 Å². The van der Waals surface area contributed by atoms with Crippen molar-refractivity contribution in [2.45, 2.75) is 241 Å². The molecule has 4 unspecified atom stereocenters. The number of nitrogens with zero attached hydrogens (tertiary/aromatic N) is 1. The Kier molecular flexibility index (Phi) is 30.0. The molecule has 0 bridgehead atoms. The van der Waals surface area contributed by atoms with Gasteiger partial charge in [0.05, 0.1) is 12.2 Å². The maximum Gasteiger partial charge on any atom is 0.246 e. The summed E-state index contributed by atoms with van der Waals surface area (Å²) in [6, 6.07) is -6.48. The van der Waals surface area contributed by atoms with Gasteiger partial charge in [-0.25, -0.2) is 0 Å². The summed E-state index contributed by atoms with van der Waals surface area (Å²) in [6.07, 6.45) is 2.43. The van der Waals surface area contributed by atoms with Crippen molar-refractivity contribution >= 4 is 64.9 Å². The third kappa shape index (κ3) is 25.4. The lowest BCUT2D eigenvalue weighted by molar-refractivity contribution is -0.140. The summed E-state index contributed by atoms with van der Waals surface area (Å²) in [4.78, 5) is 150. The largest absolute Gasteiger partial charge is 0.393 e. The number of carbonyl (C=O) groups excluding carboxylic acids is 11. The zero-order valence-corrected chi connectivity index (χ0v) is 51.6. The Morgan fingerprint density at radius 1 is 0.642 bits per heavy atom. The summed E-state index contributed by atoms with van der Waals surface area (Å²) >= 11 is 0. The van der Waals surface area contributed by atoms with E-state index in [1.807, 2.05) is 48.5 Å². The van der Waals surface area contributed by atoms with Crippen molar-refractivity contribution in [1.82, 2.24) is 47.4 Å². The Hall–Kier alpha value is -5.97. The van der Waals surface area contributed by atoms with Gasteiger partial charge in [0.25, 0.3) is 0 Å². The molecule has 1 fully saturated rings. The summed E-state index contributed by atoms with van der Waals surface area (Å²) in [5.74, 6) is -8.47. The van der Waals surface area contributed by atoms with Crippen molar-refractivity contribution in [2.24, 2.45) is 41.2 Å². The molecule has 1 aliphatic rings. The molecule has 23 heteroatoms. The lowest BCUT2D eigenvalue weighted by Crippen LogP contribution is -2.66. The van der Waals surface area contributed by atoms with Gasteiger partial charge in [0, 0.05) is 32.4 Å². The van der Waals surface area contributed by atoms with E-state index in [4.69, 9.17) is 5.73 Å². The van der Waals surface area contributed by atoms with Gasteiger partial charge in [-0.1, -0.05) is 88.7 Å². The van der Waals surface area contributed by atoms with E-state index in [2.05, 4.69) is 42.5 Å². The number of carbonyl (C=O) groups is 11. The molecule has 10 amide bonds. The van der Waals surface area contributed by atoms with Gasteiger partial charge in [-0.15, -0.1) is 0 Å². The van der Waals surface area contributed by atoms with E-state index in [1.165, 1.54) is 52.5 Å². The lowest BCUT2D eigenvalue weighted by atomic mass is 9.92. The molecule has 462 valence electrons. The van der Waals surface area contributed by atoms with E-state index in [-0.39, 0.29) is 86.9 Å². The smallest absolute Gasteiger partial charge is 0.246 e. The predicted octanol–water partition coefficient (Wildman–Crippen LogP) is 2.09. The number of ketones is 1. The number of nitrogens with two attached hydrogens (primary N) is 1. The SMILES string of the molecule is CCC(=O)CC(O)CC(C)C[C@H](NC(=O)[C@@H]1CC(C)CN1C(=O)C=C[C@@H](C)CC)C(=O)N[C@H](C(=O)NC(C)(C)C(=O)N[C@@H](CC(C)C)C(=O)N[C@@H](CC(C)C)C(=O)NC(C)(C)C(=O)NC(C)(C)C(=O)NCCCC(N)=O)C(O)C(C)C. The fraction of sp³-hybridized carbons (Fsp3) is 0.776. The molecule has 1 heterocycles. The van der Waals surface area contributed by atoms with E-state index in [9.17, 15) is 63.0 Å². The Labute approximate surface area is 481 Å². The van der Waals surface area contributed by atoms with Crippen LogP contribution >= 0.6 is 0 Å². The van der Waals surface area contributed by atoms with Gasteiger partial charge in [0.1, 0.15) is 52.6 Å². The Balaban J connectivity index is 3.49. The maximum absolute atomic E-state index is 14.5. The van der Waals surface area contributed by atoms with Crippen LogP contribution in [-0.4, -0.2) is 152 Å². The first-order valence-electron chi connectivity index (χ1n) is 28.9. The minimum atomic E-state index is -1.82. The molecule has 0 radical (unpaired) electrons. The summed E-state index contributed by atoms with van der Waals surface area (Å²) in [5, 5.41) is 43.7. The number of likely N-dealkylation sites (tertiary alicyclic amines) is 1. The molecular weight excluding hydrogens is 1040 g/mol. The number of hydrogen-bond acceptors (Lipinski definition) is 13. The minimum absolute atomic E-state index is 0.0478. The first kappa shape index (κ1) is 73.0. The van der Waals surface area contributed by atoms with Crippen LogP contribution in [0.15, 0.2) is 12.2 Å². The van der Waals surface area contributed by atoms with Gasteiger partial charge in [0.2, 0.25) is 59.1 Å². The maximum atomic E-state index is 14.5. The Morgan fingerprint density at radius 2 is 1.16 bits per heavy atom. The average molecular weight is 1150 g/mol. The van der Waals surface area contributed by atoms with Crippen LogP contribution < -0.4 is 48.3 Å². The molecule has 12 N–H and O–H groups in total. The van der Waals surface area contributed by atoms with E-state index >= 15 is 0 Å². The van der Waals surface area contributed by atoms with Gasteiger partial charge in [0.15, 0.2) is 0 Å². The molecule has 23 nitrogen and oxygen atoms in total. The molecule has 0 aromatic carbocycles. The highest BCUT2D eigenvalue weighted by atomic mass is 16.3. The van der Waals surface area contributed by atoms with Gasteiger partial charge in [-0.2, -0.15) is 0 Å². The monoisotopic (exact) mass is 1150 g/mol. The highest BCUT2D eigenvalue weighted by molar-refractivity contribution is 6.00. The minimum Gasteiger partial charge on any atom is -0.393 e. The molecule has 81 heavy (non-hydrogen) atoms. The number of amides is 10. The number of rotatable bonds is 35. The third-order valence-electron chi connectivity index (χ3n) is 14.3. The number of aliphatic hydroxyl groups is 2. The Bertz CT molecular complexity index is 2210. The first-order chi connectivity index (χ1) is 37.3. The van der Waals surface area contributed by atoms with Crippen LogP contribution in [0.4, 0.5) is 0 Å². The molecule has 1 saturated heterocycles. The van der Waals surface area contributed by atoms with Gasteiger partial charge in [-0.3, -0.25) is 52.7 Å². The number of Topliss-reactive ketones (excluding diaryl/α,β-unsaturated/α-hetero) is 1. The van der Waals surface area contributed by atoms with Crippen LogP contribution in [-0.2, 0) is 52.7 Å². The molecule has 1 aliphatic heterocycles. The van der Waals surface area contributed by atoms with Crippen LogP contribution in [0.3, 0.4) is 0 Å². The molecule has 0 aromatic heterocycles. The molecule has 10 atom stereocenters. The molecular formula is C58H102N10O13. The second-order valence-corrected chi connectivity index (χ2v) is 25.2. The summed E-state index contributed by atoms with van der Waals surface area (Å²) < 4.78 is 0. The van der Waals surface area contributed by atoms with Crippen molar-refractivity contribution in [2.75, 3.05) is 13.1 Å². The molecule has 0 aromatic rings. The second kappa shape index (κ2) is 33.2. The third-order valence-corrected chi connectivity index (χ3v) is 14.3. The van der Waals surface area contributed by atoms with Crippen molar-refractivity contribution in [3.8, 4) is 0 Å². The molecule has 0 spiro atoms. The zero-order chi connectivity index (χ0) is 62.5. The Morgan fingerprint density at radius 3 is 1.69 bits per heavy atom. The quantitative estimate of drug-likeness (QED) is 0.0320. The predicted molar refractivity (Wildman–Crippen MR) is 308 cm³/mol. The van der Waals surface area contributed by atoms with Crippen molar-refractivity contribution in [3.05, 3.63) is 12.2 Å². The van der Waals surface area contributed by atoms with Gasteiger partial charge >= 0.3 is 0 Å². The van der Waals surface area contributed by atoms with Crippen molar-refractivity contribution < 1.29 is 63.0 Å². The lowest BCUT2D eigenvalue weighted by Gasteiger charge is -2.34. The second-order valence-electron chi connectivity index (χ2n) is 25.2. The first-order valence-corrected chi connectivity index (χ1v) is 28.9. The molecule has 1 rings (SSSR count). The van der Waals surface area contributed by atoms with E-state index in [0.29, 0.717) is 19.4 Å². The number of nitrogens with one attached hydrogen (secondary N) is 8. The van der Waals surface area contributed by atoms with Gasteiger partial charge in [-0.05, 0) is 122 Å². The zero-order valence-electron chi connectivity index (χ0n) is 51.6. The summed E-state index contributed by atoms with van der Waals surface area (Å²) in [7, 11) is 0. The summed E-state index contributed by atoms with van der Waals surface area (Å²) in [6.45, 7) is 28.7. The number of aliphatic hydroxyl groups excluding tert-OH is 2. The van der Waals surface area contributed by atoms with Crippen molar-refractivity contribution in [3.63, 3.8) is 0 Å². The molecule has 0 aliphatic carbocycles. The standard InChI is InChI=1S/C58H102N10O13/c1-18-35(9)22-23-45(72)68-31-37(11)29-43(68)51(77)62-42(28-36(10)27-39(70)30-38(69)19-2)49(75)64-46(47(73)34(7)8)52(78)66-57(14,15)54(80)63-40(25-32(3)4)48(74)61-41(26-33(5)6)50(76)65-58(16,17)55(81)67-56(12,13)53(79)60-24-20-21-44(59)71/h22-23,32-37,39-43,46-47,70,73H,18-21,24-31H2,1-17H3,(H2,59,71)(H,60,79)(H,61,74)(H,62,77)(H,63,80)(H,64,75)(H,65,76)(H,66,78)(H,67,81)/t35-,36?,37?,39?,40-,41-,42-,43-,46-,47?/m0/s1. The fourth-order valence-corrected chi connectivity index (χ4v) is 9.01. The molecule has 0 saturated carbocycles. The highest BCUT2D eigenvalue weighted by Crippen LogP contribution is 2.25. The topological polar surface area (TPSA) is 354 Å². The summed E-state index contributed by atoms with van der Waals surface area (Å²) in [5.41, 5.74) is 0.311. The van der Waals surface area contributed by atoms with Crippen LogP contribution in [0.1, 0.15) is 182 Å². The number of hydrogen-bond donors (Lipinski definition) is 11. The highest BCUT2D eigenvalue weighted by Gasteiger charge is 2.43. The van der Waals surface area contributed by atoms with E-state index in [1.54, 1.807) is 33.8 Å².